The van der Waals surface area contributed by atoms with Gasteiger partial charge in [0.05, 0.1) is 5.60 Å². The van der Waals surface area contributed by atoms with Crippen molar-refractivity contribution < 1.29 is 4.74 Å². The lowest BCUT2D eigenvalue weighted by molar-refractivity contribution is -0.131. The normalized spacial score (nSPS) is 41.7. The summed E-state index contributed by atoms with van der Waals surface area (Å²) in [6, 6.07) is 1.63. The molecule has 114 valence electrons. The first-order chi connectivity index (χ1) is 9.86. The molecule has 1 saturated carbocycles. The van der Waals surface area contributed by atoms with Crippen LogP contribution in [0.15, 0.2) is 0 Å². The molecule has 1 N–H and O–H groups in total. The van der Waals surface area contributed by atoms with Crippen LogP contribution in [-0.2, 0) is 4.74 Å². The summed E-state index contributed by atoms with van der Waals surface area (Å²) < 4.78 is 6.30. The van der Waals surface area contributed by atoms with E-state index in [0.29, 0.717) is 0 Å². The molecular weight excluding hydrogens is 248 g/mol. The lowest BCUT2D eigenvalue weighted by Gasteiger charge is -2.50. The summed E-state index contributed by atoms with van der Waals surface area (Å²) in [7, 11) is 0. The molecule has 1 spiro atoms. The summed E-state index contributed by atoms with van der Waals surface area (Å²) in [5.74, 6) is 0.925. The van der Waals surface area contributed by atoms with Gasteiger partial charge in [-0.2, -0.15) is 0 Å². The molecule has 3 atom stereocenters. The molecule has 20 heavy (non-hydrogen) atoms. The van der Waals surface area contributed by atoms with Crippen LogP contribution < -0.4 is 5.32 Å². The summed E-state index contributed by atoms with van der Waals surface area (Å²) in [4.78, 5) is 2.88. The minimum atomic E-state index is 0.264. The fourth-order valence-electron chi connectivity index (χ4n) is 5.39. The number of hydrogen-bond donors (Lipinski definition) is 1. The van der Waals surface area contributed by atoms with Crippen LogP contribution in [0, 0.1) is 5.92 Å². The lowest BCUT2D eigenvalue weighted by atomic mass is 9.77. The topological polar surface area (TPSA) is 24.5 Å². The molecule has 3 heterocycles. The number of nitrogens with zero attached hydrogens (tertiary/aromatic N) is 1. The highest BCUT2D eigenvalue weighted by Crippen LogP contribution is 2.41. The van der Waals surface area contributed by atoms with Crippen molar-refractivity contribution in [3.8, 4) is 0 Å². The average molecular weight is 278 g/mol. The van der Waals surface area contributed by atoms with E-state index >= 15 is 0 Å². The van der Waals surface area contributed by atoms with Crippen LogP contribution in [0.4, 0.5) is 0 Å². The van der Waals surface area contributed by atoms with Gasteiger partial charge in [-0.1, -0.05) is 19.3 Å². The third-order valence-corrected chi connectivity index (χ3v) is 6.42. The number of ether oxygens (including phenoxy) is 1. The van der Waals surface area contributed by atoms with Crippen molar-refractivity contribution in [1.82, 2.24) is 10.2 Å². The Labute approximate surface area is 123 Å². The lowest BCUT2D eigenvalue weighted by Crippen LogP contribution is -2.56. The van der Waals surface area contributed by atoms with Crippen molar-refractivity contribution in [3.63, 3.8) is 0 Å². The van der Waals surface area contributed by atoms with Gasteiger partial charge in [0, 0.05) is 25.2 Å². The maximum Gasteiger partial charge on any atom is 0.0697 e. The summed E-state index contributed by atoms with van der Waals surface area (Å²) >= 11 is 0. The van der Waals surface area contributed by atoms with Crippen molar-refractivity contribution >= 4 is 0 Å². The third kappa shape index (κ3) is 2.42. The minimum Gasteiger partial charge on any atom is -0.375 e. The van der Waals surface area contributed by atoms with Crippen molar-refractivity contribution in [2.45, 2.75) is 75.5 Å². The van der Waals surface area contributed by atoms with Crippen LogP contribution in [0.3, 0.4) is 0 Å². The quantitative estimate of drug-likeness (QED) is 0.798. The first kappa shape index (κ1) is 13.5. The van der Waals surface area contributed by atoms with Gasteiger partial charge in [-0.3, -0.25) is 4.90 Å². The molecule has 3 nitrogen and oxygen atoms in total. The largest absolute Gasteiger partial charge is 0.375 e. The molecule has 3 saturated heterocycles. The second-order valence-electron chi connectivity index (χ2n) is 7.60. The number of fused-ring (bicyclic) bond motifs is 1. The SMILES string of the molecule is C1CCC2(CC1)CC(N1CCCC3CNCC31)CCO2. The number of likely N-dealkylation sites (tertiary alicyclic amines) is 1. The Morgan fingerprint density at radius 1 is 1.00 bits per heavy atom. The molecular formula is C17H30N2O. The van der Waals surface area contributed by atoms with E-state index < -0.39 is 0 Å². The standard InChI is InChI=1S/C17H30N2O/c1-2-7-17(8-3-1)11-15(6-10-20-17)19-9-4-5-14-12-18-13-16(14)19/h14-16,18H,1-13H2. The van der Waals surface area contributed by atoms with Gasteiger partial charge < -0.3 is 10.1 Å². The van der Waals surface area contributed by atoms with Crippen LogP contribution in [-0.4, -0.2) is 48.8 Å². The smallest absolute Gasteiger partial charge is 0.0697 e. The Hall–Kier alpha value is -0.120. The molecule has 0 bridgehead atoms. The van der Waals surface area contributed by atoms with Gasteiger partial charge in [0.2, 0.25) is 0 Å². The first-order valence-electron chi connectivity index (χ1n) is 8.97. The zero-order chi connectivity index (χ0) is 13.4. The van der Waals surface area contributed by atoms with Crippen LogP contribution in [0.1, 0.15) is 57.8 Å². The number of piperidine rings is 1. The molecule has 4 fully saturated rings. The number of rotatable bonds is 1. The zero-order valence-electron chi connectivity index (χ0n) is 12.8. The molecule has 0 aromatic rings. The van der Waals surface area contributed by atoms with E-state index in [1.807, 2.05) is 0 Å². The second kappa shape index (κ2) is 5.58. The molecule has 3 unspecified atom stereocenters. The highest BCUT2D eigenvalue weighted by atomic mass is 16.5. The van der Waals surface area contributed by atoms with Crippen molar-refractivity contribution in [2.24, 2.45) is 5.92 Å². The van der Waals surface area contributed by atoms with Crippen molar-refractivity contribution in [2.75, 3.05) is 26.2 Å². The Morgan fingerprint density at radius 3 is 2.80 bits per heavy atom. The fraction of sp³-hybridized carbons (Fsp3) is 1.00. The van der Waals surface area contributed by atoms with Gasteiger partial charge in [-0.05, 0) is 57.5 Å². The highest BCUT2D eigenvalue weighted by molar-refractivity contribution is 4.99. The summed E-state index contributed by atoms with van der Waals surface area (Å²) in [5, 5.41) is 3.63. The van der Waals surface area contributed by atoms with Crippen LogP contribution in [0.25, 0.3) is 0 Å². The monoisotopic (exact) mass is 278 g/mol. The molecule has 3 aliphatic heterocycles. The average Bonchev–Trinajstić information content (AvgIpc) is 2.96. The third-order valence-electron chi connectivity index (χ3n) is 6.42. The van der Waals surface area contributed by atoms with E-state index in [9.17, 15) is 0 Å². The summed E-state index contributed by atoms with van der Waals surface area (Å²) in [5.41, 5.74) is 0.264. The first-order valence-corrected chi connectivity index (χ1v) is 8.97. The maximum absolute atomic E-state index is 6.30. The van der Waals surface area contributed by atoms with E-state index in [-0.39, 0.29) is 5.60 Å². The van der Waals surface area contributed by atoms with E-state index in [2.05, 4.69) is 10.2 Å². The molecule has 0 aromatic carbocycles. The molecule has 4 aliphatic rings. The molecule has 3 heteroatoms. The Bertz CT molecular complexity index is 334. The van der Waals surface area contributed by atoms with E-state index in [1.54, 1.807) is 0 Å². The van der Waals surface area contributed by atoms with Gasteiger partial charge in [-0.25, -0.2) is 0 Å². The van der Waals surface area contributed by atoms with Gasteiger partial charge in [0.25, 0.3) is 0 Å². The minimum absolute atomic E-state index is 0.264. The van der Waals surface area contributed by atoms with Gasteiger partial charge >= 0.3 is 0 Å². The Kier molecular flexibility index (Phi) is 3.78. The van der Waals surface area contributed by atoms with Crippen molar-refractivity contribution in [1.29, 1.82) is 0 Å². The van der Waals surface area contributed by atoms with Gasteiger partial charge in [0.1, 0.15) is 0 Å². The Balaban J connectivity index is 1.47. The van der Waals surface area contributed by atoms with Crippen LogP contribution in [0.5, 0.6) is 0 Å². The molecule has 4 rings (SSSR count). The van der Waals surface area contributed by atoms with E-state index in [4.69, 9.17) is 4.74 Å². The van der Waals surface area contributed by atoms with E-state index in [1.165, 1.54) is 77.4 Å². The highest BCUT2D eigenvalue weighted by Gasteiger charge is 2.44. The van der Waals surface area contributed by atoms with E-state index in [0.717, 1.165) is 24.6 Å². The maximum atomic E-state index is 6.30. The molecule has 0 aromatic heterocycles. The number of hydrogen-bond acceptors (Lipinski definition) is 3. The Morgan fingerprint density at radius 2 is 1.90 bits per heavy atom. The van der Waals surface area contributed by atoms with Gasteiger partial charge in [0.15, 0.2) is 0 Å². The van der Waals surface area contributed by atoms with Gasteiger partial charge in [-0.15, -0.1) is 0 Å². The summed E-state index contributed by atoms with van der Waals surface area (Å²) in [6.07, 6.45) is 12.3. The van der Waals surface area contributed by atoms with Crippen LogP contribution in [0.2, 0.25) is 0 Å². The van der Waals surface area contributed by atoms with Crippen LogP contribution >= 0.6 is 0 Å². The summed E-state index contributed by atoms with van der Waals surface area (Å²) in [6.45, 7) is 4.83. The molecule has 0 amide bonds. The fourth-order valence-corrected chi connectivity index (χ4v) is 5.39. The number of nitrogens with one attached hydrogen (secondary N) is 1. The zero-order valence-corrected chi connectivity index (χ0v) is 12.8. The molecule has 1 aliphatic carbocycles. The predicted molar refractivity (Wildman–Crippen MR) is 80.9 cm³/mol. The second-order valence-corrected chi connectivity index (χ2v) is 7.60. The predicted octanol–water partition coefficient (Wildman–Crippen LogP) is 2.55. The van der Waals surface area contributed by atoms with Crippen molar-refractivity contribution in [3.05, 3.63) is 0 Å². The molecule has 0 radical (unpaired) electrons.